The molecule has 0 aliphatic rings. The fourth-order valence-electron chi connectivity index (χ4n) is 3.85. The molecule has 0 aliphatic carbocycles. The molecule has 0 bridgehead atoms. The van der Waals surface area contributed by atoms with E-state index in [9.17, 15) is 19.1 Å². The van der Waals surface area contributed by atoms with Gasteiger partial charge in [-0.2, -0.15) is 0 Å². The number of rotatable bonds is 7. The van der Waals surface area contributed by atoms with Crippen molar-refractivity contribution in [3.05, 3.63) is 83.7 Å². The maximum atomic E-state index is 13.4. The molecule has 6 nitrogen and oxygen atoms in total. The molecule has 7 heteroatoms. The lowest BCUT2D eigenvalue weighted by molar-refractivity contribution is 0.0763. The predicted octanol–water partition coefficient (Wildman–Crippen LogP) is 5.11. The first-order valence-electron chi connectivity index (χ1n) is 11.0. The van der Waals surface area contributed by atoms with Crippen molar-refractivity contribution in [2.75, 3.05) is 7.05 Å². The molecular weight excluding hydrogens is 435 g/mol. The summed E-state index contributed by atoms with van der Waals surface area (Å²) in [6.07, 6.45) is 0.324. The Morgan fingerprint density at radius 3 is 2.38 bits per heavy atom. The standard InChI is InChI=1S/C27H25FN2O4/c1-3-5-23(31)30-26(32)19-7-4-6-17(14-19)18-10-13-22-21(15-18)24(27(33)29-2)25(34-22)16-8-11-20(28)12-9-16/h4,6-15,23,31H,3,5H2,1-2H3,(H,29,33)(H,30,32)/t23-/m0/s1. The van der Waals surface area contributed by atoms with Crippen LogP contribution in [-0.4, -0.2) is 30.2 Å². The van der Waals surface area contributed by atoms with Gasteiger partial charge in [-0.05, 0) is 66.1 Å². The first kappa shape index (κ1) is 23.2. The van der Waals surface area contributed by atoms with Crippen molar-refractivity contribution in [1.29, 1.82) is 0 Å². The largest absolute Gasteiger partial charge is 0.455 e. The summed E-state index contributed by atoms with van der Waals surface area (Å²) in [5.41, 5.74) is 3.42. The molecule has 0 fully saturated rings. The summed E-state index contributed by atoms with van der Waals surface area (Å²) in [6.45, 7) is 1.93. The van der Waals surface area contributed by atoms with Gasteiger partial charge in [-0.25, -0.2) is 4.39 Å². The van der Waals surface area contributed by atoms with Gasteiger partial charge < -0.3 is 20.2 Å². The number of carbonyl (C=O) groups excluding carboxylic acids is 2. The molecule has 4 rings (SSSR count). The van der Waals surface area contributed by atoms with Gasteiger partial charge in [-0.1, -0.05) is 31.5 Å². The molecular formula is C27H25FN2O4. The third kappa shape index (κ3) is 4.70. The van der Waals surface area contributed by atoms with Crippen molar-refractivity contribution in [2.45, 2.75) is 26.0 Å². The van der Waals surface area contributed by atoms with Crippen molar-refractivity contribution in [1.82, 2.24) is 10.6 Å². The molecule has 34 heavy (non-hydrogen) atoms. The Balaban J connectivity index is 1.76. The van der Waals surface area contributed by atoms with E-state index in [0.29, 0.717) is 39.8 Å². The molecule has 0 radical (unpaired) electrons. The van der Waals surface area contributed by atoms with Crippen molar-refractivity contribution >= 4 is 22.8 Å². The van der Waals surface area contributed by atoms with Crippen LogP contribution in [0.4, 0.5) is 4.39 Å². The Hall–Kier alpha value is -3.97. The topological polar surface area (TPSA) is 91.6 Å². The third-order valence-electron chi connectivity index (χ3n) is 5.57. The molecule has 0 spiro atoms. The highest BCUT2D eigenvalue weighted by molar-refractivity contribution is 6.11. The molecule has 0 unspecified atom stereocenters. The molecule has 3 aromatic carbocycles. The van der Waals surface area contributed by atoms with E-state index in [1.54, 1.807) is 36.4 Å². The molecule has 0 saturated heterocycles. The van der Waals surface area contributed by atoms with Crippen LogP contribution >= 0.6 is 0 Å². The van der Waals surface area contributed by atoms with E-state index in [1.807, 2.05) is 25.1 Å². The average molecular weight is 461 g/mol. The highest BCUT2D eigenvalue weighted by atomic mass is 19.1. The monoisotopic (exact) mass is 460 g/mol. The van der Waals surface area contributed by atoms with Gasteiger partial charge in [0.25, 0.3) is 11.8 Å². The van der Waals surface area contributed by atoms with Gasteiger partial charge in [0.05, 0.1) is 5.56 Å². The van der Waals surface area contributed by atoms with Crippen LogP contribution in [0.3, 0.4) is 0 Å². The minimum atomic E-state index is -0.900. The number of amides is 2. The molecule has 174 valence electrons. The fraction of sp³-hybridized carbons (Fsp3) is 0.185. The second-order valence-electron chi connectivity index (χ2n) is 7.96. The first-order valence-corrected chi connectivity index (χ1v) is 11.0. The van der Waals surface area contributed by atoms with Crippen molar-refractivity contribution in [3.63, 3.8) is 0 Å². The van der Waals surface area contributed by atoms with Crippen LogP contribution in [0.25, 0.3) is 33.4 Å². The van der Waals surface area contributed by atoms with Gasteiger partial charge in [-0.3, -0.25) is 9.59 Å². The molecule has 1 atom stereocenters. The van der Waals surface area contributed by atoms with E-state index in [4.69, 9.17) is 4.42 Å². The van der Waals surface area contributed by atoms with Crippen LogP contribution in [0.15, 0.2) is 71.1 Å². The van der Waals surface area contributed by atoms with E-state index in [0.717, 1.165) is 17.5 Å². The molecule has 1 aromatic heterocycles. The lowest BCUT2D eigenvalue weighted by Gasteiger charge is -2.12. The zero-order valence-corrected chi connectivity index (χ0v) is 18.9. The zero-order valence-electron chi connectivity index (χ0n) is 18.9. The van der Waals surface area contributed by atoms with E-state index in [-0.39, 0.29) is 17.6 Å². The number of aliphatic hydroxyl groups excluding tert-OH is 1. The molecule has 2 amide bonds. The van der Waals surface area contributed by atoms with Gasteiger partial charge in [0.2, 0.25) is 0 Å². The lowest BCUT2D eigenvalue weighted by Crippen LogP contribution is -2.34. The number of halogens is 1. The molecule has 4 aromatic rings. The molecule has 0 aliphatic heterocycles. The van der Waals surface area contributed by atoms with Crippen LogP contribution in [0.2, 0.25) is 0 Å². The average Bonchev–Trinajstić information content (AvgIpc) is 3.23. The number of fused-ring (bicyclic) bond motifs is 1. The summed E-state index contributed by atoms with van der Waals surface area (Å²) in [7, 11) is 1.54. The van der Waals surface area contributed by atoms with Crippen LogP contribution in [-0.2, 0) is 0 Å². The van der Waals surface area contributed by atoms with Crippen LogP contribution < -0.4 is 10.6 Å². The maximum absolute atomic E-state index is 13.4. The Morgan fingerprint density at radius 2 is 1.68 bits per heavy atom. The van der Waals surface area contributed by atoms with Crippen molar-refractivity contribution in [2.24, 2.45) is 0 Å². The van der Waals surface area contributed by atoms with Crippen molar-refractivity contribution < 1.29 is 23.5 Å². The number of hydrogen-bond donors (Lipinski definition) is 3. The van der Waals surface area contributed by atoms with Crippen LogP contribution in [0, 0.1) is 5.82 Å². The van der Waals surface area contributed by atoms with Crippen LogP contribution in [0.5, 0.6) is 0 Å². The minimum absolute atomic E-state index is 0.326. The minimum Gasteiger partial charge on any atom is -0.455 e. The summed E-state index contributed by atoms with van der Waals surface area (Å²) >= 11 is 0. The normalized spacial score (nSPS) is 11.9. The number of benzene rings is 3. The van der Waals surface area contributed by atoms with Gasteiger partial charge in [0.15, 0.2) is 0 Å². The first-order chi connectivity index (χ1) is 16.4. The Labute approximate surface area is 196 Å². The Morgan fingerprint density at radius 1 is 0.971 bits per heavy atom. The second-order valence-corrected chi connectivity index (χ2v) is 7.96. The highest BCUT2D eigenvalue weighted by Crippen LogP contribution is 2.36. The highest BCUT2D eigenvalue weighted by Gasteiger charge is 2.22. The third-order valence-corrected chi connectivity index (χ3v) is 5.57. The van der Waals surface area contributed by atoms with E-state index in [2.05, 4.69) is 10.6 Å². The zero-order chi connectivity index (χ0) is 24.2. The number of aliphatic hydroxyl groups is 1. The fourth-order valence-corrected chi connectivity index (χ4v) is 3.85. The van der Waals surface area contributed by atoms with Gasteiger partial charge >= 0.3 is 0 Å². The summed E-state index contributed by atoms with van der Waals surface area (Å²) in [5.74, 6) is -0.718. The Bertz CT molecular complexity index is 1340. The van der Waals surface area contributed by atoms with E-state index < -0.39 is 6.23 Å². The molecule has 1 heterocycles. The Kier molecular flexibility index (Phi) is 6.75. The molecule has 3 N–H and O–H groups in total. The van der Waals surface area contributed by atoms with Gasteiger partial charge in [-0.15, -0.1) is 0 Å². The second kappa shape index (κ2) is 9.89. The number of nitrogens with one attached hydrogen (secondary N) is 2. The van der Waals surface area contributed by atoms with Gasteiger partial charge in [0.1, 0.15) is 23.4 Å². The number of hydrogen-bond acceptors (Lipinski definition) is 4. The lowest BCUT2D eigenvalue weighted by atomic mass is 9.99. The maximum Gasteiger partial charge on any atom is 0.255 e. The predicted molar refractivity (Wildman–Crippen MR) is 129 cm³/mol. The summed E-state index contributed by atoms with van der Waals surface area (Å²) in [4.78, 5) is 25.3. The van der Waals surface area contributed by atoms with Crippen LogP contribution in [0.1, 0.15) is 40.5 Å². The smallest absolute Gasteiger partial charge is 0.255 e. The number of furan rings is 1. The van der Waals surface area contributed by atoms with E-state index in [1.165, 1.54) is 19.2 Å². The summed E-state index contributed by atoms with van der Waals surface area (Å²) < 4.78 is 19.4. The summed E-state index contributed by atoms with van der Waals surface area (Å²) in [5, 5.41) is 15.7. The molecule has 0 saturated carbocycles. The van der Waals surface area contributed by atoms with E-state index >= 15 is 0 Å². The summed E-state index contributed by atoms with van der Waals surface area (Å²) in [6, 6.07) is 18.2. The SMILES string of the molecule is CCC[C@H](O)NC(=O)c1cccc(-c2ccc3oc(-c4ccc(F)cc4)c(C(=O)NC)c3c2)c1. The number of carbonyl (C=O) groups is 2. The van der Waals surface area contributed by atoms with Gasteiger partial charge in [0, 0.05) is 23.6 Å². The van der Waals surface area contributed by atoms with Crippen molar-refractivity contribution in [3.8, 4) is 22.5 Å². The quantitative estimate of drug-likeness (QED) is 0.334.